The van der Waals surface area contributed by atoms with Crippen molar-refractivity contribution >= 4 is 39.2 Å². The van der Waals surface area contributed by atoms with Gasteiger partial charge in [-0.25, -0.2) is 0 Å². The summed E-state index contributed by atoms with van der Waals surface area (Å²) in [4.78, 5) is 4.21. The third-order valence-electron chi connectivity index (χ3n) is 1.82. The van der Waals surface area contributed by atoms with Gasteiger partial charge in [0.15, 0.2) is 5.96 Å². The highest BCUT2D eigenvalue weighted by atomic mass is 79.9. The summed E-state index contributed by atoms with van der Waals surface area (Å²) in [5.41, 5.74) is 6.60. The molecule has 0 saturated heterocycles. The van der Waals surface area contributed by atoms with Gasteiger partial charge in [0.25, 0.3) is 0 Å². The molecule has 0 unspecified atom stereocenters. The van der Waals surface area contributed by atoms with Crippen LogP contribution >= 0.6 is 27.5 Å². The second-order valence-electron chi connectivity index (χ2n) is 3.87. The van der Waals surface area contributed by atoms with Gasteiger partial charge >= 0.3 is 0 Å². The number of anilines is 1. The van der Waals surface area contributed by atoms with Crippen LogP contribution in [0.25, 0.3) is 0 Å². The van der Waals surface area contributed by atoms with Crippen LogP contribution < -0.4 is 11.1 Å². The average molecular weight is 305 g/mol. The van der Waals surface area contributed by atoms with Crippen LogP contribution in [0.5, 0.6) is 0 Å². The van der Waals surface area contributed by atoms with E-state index in [4.69, 9.17) is 17.3 Å². The maximum atomic E-state index is 5.88. The normalized spacial score (nSPS) is 11.9. The molecule has 0 amide bonds. The number of guanidine groups is 1. The smallest absolute Gasteiger partial charge is 0.193 e. The zero-order valence-electron chi connectivity index (χ0n) is 9.30. The summed E-state index contributed by atoms with van der Waals surface area (Å²) < 4.78 is 0.829. The summed E-state index contributed by atoms with van der Waals surface area (Å²) in [6.07, 6.45) is 0. The molecule has 0 radical (unpaired) electrons. The van der Waals surface area contributed by atoms with Crippen molar-refractivity contribution in [3.05, 3.63) is 27.7 Å². The van der Waals surface area contributed by atoms with Gasteiger partial charge in [0.2, 0.25) is 0 Å². The summed E-state index contributed by atoms with van der Waals surface area (Å²) >= 11 is 9.23. The standard InChI is InChI=1S/C11H15BrClN3/c1-7(2)6-15-11(14)16-8-3-4-10(13)9(12)5-8/h3-5,7H,6H2,1-2H3,(H3,14,15,16). The summed E-state index contributed by atoms with van der Waals surface area (Å²) in [6, 6.07) is 5.51. The SMILES string of the molecule is CC(C)CN=C(N)Nc1ccc(Cl)c(Br)c1. The van der Waals surface area contributed by atoms with Gasteiger partial charge in [-0.1, -0.05) is 25.4 Å². The number of nitrogens with one attached hydrogen (secondary N) is 1. The number of nitrogens with two attached hydrogens (primary N) is 1. The second-order valence-corrected chi connectivity index (χ2v) is 5.14. The van der Waals surface area contributed by atoms with Crippen LogP contribution in [0.2, 0.25) is 5.02 Å². The molecule has 0 aliphatic rings. The van der Waals surface area contributed by atoms with Crippen molar-refractivity contribution in [3.8, 4) is 0 Å². The van der Waals surface area contributed by atoms with Crippen molar-refractivity contribution in [2.75, 3.05) is 11.9 Å². The number of rotatable bonds is 3. The first-order chi connectivity index (χ1) is 7.49. The minimum atomic E-state index is 0.419. The third kappa shape index (κ3) is 4.41. The van der Waals surface area contributed by atoms with E-state index in [-0.39, 0.29) is 0 Å². The zero-order valence-corrected chi connectivity index (χ0v) is 11.6. The average Bonchev–Trinajstić information content (AvgIpc) is 2.21. The molecule has 16 heavy (non-hydrogen) atoms. The fraction of sp³-hybridized carbons (Fsp3) is 0.364. The molecular weight excluding hydrogens is 289 g/mol. The van der Waals surface area contributed by atoms with E-state index < -0.39 is 0 Å². The Hall–Kier alpha value is -0.740. The first-order valence-electron chi connectivity index (χ1n) is 5.01. The van der Waals surface area contributed by atoms with Gasteiger partial charge in [-0.3, -0.25) is 4.99 Å². The van der Waals surface area contributed by atoms with Crippen LogP contribution in [0.1, 0.15) is 13.8 Å². The Morgan fingerprint density at radius 2 is 2.25 bits per heavy atom. The highest BCUT2D eigenvalue weighted by molar-refractivity contribution is 9.10. The molecule has 5 heteroatoms. The predicted octanol–water partition coefficient (Wildman–Crippen LogP) is 3.49. The lowest BCUT2D eigenvalue weighted by atomic mass is 10.2. The monoisotopic (exact) mass is 303 g/mol. The molecule has 0 saturated carbocycles. The Morgan fingerprint density at radius 3 is 2.81 bits per heavy atom. The third-order valence-corrected chi connectivity index (χ3v) is 3.03. The molecule has 1 aromatic rings. The fourth-order valence-electron chi connectivity index (χ4n) is 1.04. The van der Waals surface area contributed by atoms with Crippen molar-refractivity contribution < 1.29 is 0 Å². The maximum absolute atomic E-state index is 5.88. The van der Waals surface area contributed by atoms with Gasteiger partial charge < -0.3 is 11.1 Å². The van der Waals surface area contributed by atoms with Crippen LogP contribution in [0.4, 0.5) is 5.69 Å². The molecule has 88 valence electrons. The molecule has 0 aliphatic heterocycles. The summed E-state index contributed by atoms with van der Waals surface area (Å²) in [5.74, 6) is 0.917. The summed E-state index contributed by atoms with van der Waals surface area (Å²) in [6.45, 7) is 4.90. The molecule has 0 aromatic heterocycles. The van der Waals surface area contributed by atoms with Gasteiger partial charge in [-0.05, 0) is 40.0 Å². The Balaban J connectivity index is 2.66. The van der Waals surface area contributed by atoms with E-state index >= 15 is 0 Å². The number of aliphatic imine (C=N–C) groups is 1. The summed E-state index contributed by atoms with van der Waals surface area (Å²) in [7, 11) is 0. The van der Waals surface area contributed by atoms with E-state index in [2.05, 4.69) is 40.1 Å². The van der Waals surface area contributed by atoms with E-state index in [1.807, 2.05) is 12.1 Å². The first kappa shape index (κ1) is 13.3. The van der Waals surface area contributed by atoms with Gasteiger partial charge in [-0.2, -0.15) is 0 Å². The largest absolute Gasteiger partial charge is 0.370 e. The van der Waals surface area contributed by atoms with Crippen LogP contribution in [0.15, 0.2) is 27.7 Å². The lowest BCUT2D eigenvalue weighted by Gasteiger charge is -2.07. The maximum Gasteiger partial charge on any atom is 0.193 e. The van der Waals surface area contributed by atoms with E-state index in [1.54, 1.807) is 6.07 Å². The molecule has 0 spiro atoms. The number of halogens is 2. The first-order valence-corrected chi connectivity index (χ1v) is 6.18. The highest BCUT2D eigenvalue weighted by Crippen LogP contribution is 2.25. The quantitative estimate of drug-likeness (QED) is 0.663. The number of nitrogens with zero attached hydrogens (tertiary/aromatic N) is 1. The van der Waals surface area contributed by atoms with Crippen LogP contribution in [0.3, 0.4) is 0 Å². The minimum Gasteiger partial charge on any atom is -0.370 e. The molecule has 0 aliphatic carbocycles. The Bertz CT molecular complexity index is 391. The molecule has 0 fully saturated rings. The molecule has 1 rings (SSSR count). The number of hydrogen-bond acceptors (Lipinski definition) is 1. The van der Waals surface area contributed by atoms with Gasteiger partial charge in [0, 0.05) is 16.7 Å². The molecule has 3 nitrogen and oxygen atoms in total. The van der Waals surface area contributed by atoms with Crippen LogP contribution in [-0.4, -0.2) is 12.5 Å². The molecule has 1 aromatic carbocycles. The van der Waals surface area contributed by atoms with E-state index in [0.29, 0.717) is 23.4 Å². The van der Waals surface area contributed by atoms with Crippen LogP contribution in [-0.2, 0) is 0 Å². The van der Waals surface area contributed by atoms with Gasteiger partial charge in [-0.15, -0.1) is 0 Å². The molecule has 0 atom stereocenters. The predicted molar refractivity (Wildman–Crippen MR) is 74.1 cm³/mol. The fourth-order valence-corrected chi connectivity index (χ4v) is 1.54. The van der Waals surface area contributed by atoms with E-state index in [9.17, 15) is 0 Å². The zero-order chi connectivity index (χ0) is 12.1. The number of hydrogen-bond donors (Lipinski definition) is 2. The minimum absolute atomic E-state index is 0.419. The molecule has 0 heterocycles. The lowest BCUT2D eigenvalue weighted by molar-refractivity contribution is 0.665. The van der Waals surface area contributed by atoms with Crippen molar-refractivity contribution in [1.82, 2.24) is 0 Å². The molecule has 0 bridgehead atoms. The van der Waals surface area contributed by atoms with Crippen LogP contribution in [0, 0.1) is 5.92 Å². The van der Waals surface area contributed by atoms with E-state index in [1.165, 1.54) is 0 Å². The summed E-state index contributed by atoms with van der Waals surface area (Å²) in [5, 5.41) is 3.67. The lowest BCUT2D eigenvalue weighted by Crippen LogP contribution is -2.23. The Morgan fingerprint density at radius 1 is 1.56 bits per heavy atom. The molecule has 3 N–H and O–H groups in total. The Kier molecular flexibility index (Phi) is 5.09. The second kappa shape index (κ2) is 6.11. The van der Waals surface area contributed by atoms with Gasteiger partial charge in [0.1, 0.15) is 0 Å². The van der Waals surface area contributed by atoms with E-state index in [0.717, 1.165) is 10.2 Å². The molecular formula is C11H15BrClN3. The topological polar surface area (TPSA) is 50.4 Å². The highest BCUT2D eigenvalue weighted by Gasteiger charge is 2.00. The Labute approximate surface area is 109 Å². The van der Waals surface area contributed by atoms with Gasteiger partial charge in [0.05, 0.1) is 5.02 Å². The van der Waals surface area contributed by atoms with Crippen molar-refractivity contribution in [1.29, 1.82) is 0 Å². The van der Waals surface area contributed by atoms with Crippen molar-refractivity contribution in [3.63, 3.8) is 0 Å². The van der Waals surface area contributed by atoms with Crippen molar-refractivity contribution in [2.45, 2.75) is 13.8 Å². The van der Waals surface area contributed by atoms with Crippen molar-refractivity contribution in [2.24, 2.45) is 16.6 Å². The number of benzene rings is 1.